The van der Waals surface area contributed by atoms with Crippen LogP contribution in [0.1, 0.15) is 34.3 Å². The van der Waals surface area contributed by atoms with Gasteiger partial charge in [0, 0.05) is 43.4 Å². The molecule has 3 amide bonds. The topological polar surface area (TPSA) is 117 Å². The van der Waals surface area contributed by atoms with E-state index in [-0.39, 0.29) is 42.6 Å². The second-order valence-corrected chi connectivity index (χ2v) is 8.24. The van der Waals surface area contributed by atoms with Crippen LogP contribution in [0.3, 0.4) is 0 Å². The quantitative estimate of drug-likeness (QED) is 0.303. The van der Waals surface area contributed by atoms with E-state index < -0.39 is 17.3 Å². The zero-order chi connectivity index (χ0) is 24.9. The Kier molecular flexibility index (Phi) is 7.67. The summed E-state index contributed by atoms with van der Waals surface area (Å²) in [4.78, 5) is 49.1. The first-order valence-electron chi connectivity index (χ1n) is 10.7. The number of benzene rings is 2. The number of ether oxygens (including phenoxy) is 1. The number of nitrogens with zero attached hydrogens (tertiary/aromatic N) is 1. The highest BCUT2D eigenvalue weighted by atomic mass is 19.1. The first-order chi connectivity index (χ1) is 16.2. The van der Waals surface area contributed by atoms with Crippen LogP contribution >= 0.6 is 0 Å². The number of nitrogens with one attached hydrogen (secondary N) is 3. The smallest absolute Gasteiger partial charge is 0.410 e. The average Bonchev–Trinajstić information content (AvgIpc) is 2.82. The molecular weight excluding hydrogens is 442 g/mol. The Balaban J connectivity index is 1.82. The molecule has 0 radical (unpaired) electrons. The Morgan fingerprint density at radius 3 is 2.76 bits per heavy atom. The number of amides is 3. The van der Waals surface area contributed by atoms with Gasteiger partial charge in [0.2, 0.25) is 11.8 Å². The lowest BCUT2D eigenvalue weighted by Gasteiger charge is -2.40. The molecule has 3 N–H and O–H groups in total. The van der Waals surface area contributed by atoms with Crippen molar-refractivity contribution in [2.24, 2.45) is 0 Å². The van der Waals surface area contributed by atoms with E-state index in [4.69, 9.17) is 4.74 Å². The lowest BCUT2D eigenvalue weighted by atomic mass is 9.70. The minimum absolute atomic E-state index is 0.0576. The fraction of sp³-hybridized carbons (Fsp3) is 0.304. The SMILES string of the molecule is BC1(N(C)Cc2c(C=O)cccc2NCc2cc(OC(=O)NC)ccc2F)CCC(=O)NC1=O. The number of imide groups is 1. The van der Waals surface area contributed by atoms with Gasteiger partial charge >= 0.3 is 6.09 Å². The number of aldehydes is 1. The second-order valence-electron chi connectivity index (χ2n) is 8.24. The van der Waals surface area contributed by atoms with Crippen LogP contribution in [0.2, 0.25) is 0 Å². The number of rotatable bonds is 8. The van der Waals surface area contributed by atoms with Crippen molar-refractivity contribution >= 4 is 37.7 Å². The minimum atomic E-state index is -0.932. The predicted octanol–water partition coefficient (Wildman–Crippen LogP) is 1.17. The molecule has 1 aliphatic heterocycles. The molecule has 0 aromatic heterocycles. The Bertz CT molecular complexity index is 1130. The van der Waals surface area contributed by atoms with Crippen LogP contribution < -0.4 is 20.7 Å². The lowest BCUT2D eigenvalue weighted by molar-refractivity contribution is -0.139. The van der Waals surface area contributed by atoms with E-state index in [9.17, 15) is 23.6 Å². The highest BCUT2D eigenvalue weighted by molar-refractivity contribution is 6.30. The van der Waals surface area contributed by atoms with E-state index in [1.807, 2.05) is 0 Å². The summed E-state index contributed by atoms with van der Waals surface area (Å²) in [6.45, 7) is 0.291. The van der Waals surface area contributed by atoms with Gasteiger partial charge in [-0.25, -0.2) is 9.18 Å². The molecule has 11 heteroatoms. The molecule has 1 fully saturated rings. The number of piperidine rings is 1. The Labute approximate surface area is 197 Å². The van der Waals surface area contributed by atoms with Crippen LogP contribution in [0, 0.1) is 5.82 Å². The number of likely N-dealkylation sites (N-methyl/N-ethyl adjacent to an activating group) is 1. The third-order valence-electron chi connectivity index (χ3n) is 6.06. The molecule has 1 heterocycles. The van der Waals surface area contributed by atoms with Gasteiger partial charge < -0.3 is 15.4 Å². The normalized spacial score (nSPS) is 17.8. The van der Waals surface area contributed by atoms with Gasteiger partial charge in [0.25, 0.3) is 0 Å². The van der Waals surface area contributed by atoms with Crippen molar-refractivity contribution in [3.8, 4) is 5.75 Å². The van der Waals surface area contributed by atoms with Crippen LogP contribution in [0.4, 0.5) is 14.9 Å². The summed E-state index contributed by atoms with van der Waals surface area (Å²) in [7, 11) is 4.92. The number of carbonyl (C=O) groups excluding carboxylic acids is 4. The fourth-order valence-electron chi connectivity index (χ4n) is 3.73. The van der Waals surface area contributed by atoms with Crippen molar-refractivity contribution in [3.05, 3.63) is 58.9 Å². The zero-order valence-corrected chi connectivity index (χ0v) is 19.2. The van der Waals surface area contributed by atoms with Gasteiger partial charge in [-0.3, -0.25) is 24.6 Å². The maximum atomic E-state index is 14.4. The van der Waals surface area contributed by atoms with Crippen LogP contribution in [0.5, 0.6) is 5.75 Å². The number of hydrogen-bond acceptors (Lipinski definition) is 7. The third kappa shape index (κ3) is 5.42. The van der Waals surface area contributed by atoms with Gasteiger partial charge in [0.1, 0.15) is 25.7 Å². The summed E-state index contributed by atoms with van der Waals surface area (Å²) in [6, 6.07) is 9.08. The molecule has 1 unspecified atom stereocenters. The predicted molar refractivity (Wildman–Crippen MR) is 126 cm³/mol. The van der Waals surface area contributed by atoms with Crippen molar-refractivity contribution in [3.63, 3.8) is 0 Å². The fourth-order valence-corrected chi connectivity index (χ4v) is 3.73. The third-order valence-corrected chi connectivity index (χ3v) is 6.06. The summed E-state index contributed by atoms with van der Waals surface area (Å²) in [5, 5.41) is 7.84. The molecule has 0 bridgehead atoms. The molecule has 0 saturated carbocycles. The molecule has 1 atom stereocenters. The summed E-state index contributed by atoms with van der Waals surface area (Å²) >= 11 is 0. The van der Waals surface area contributed by atoms with Gasteiger partial charge in [0.05, 0.1) is 5.44 Å². The highest BCUT2D eigenvalue weighted by Gasteiger charge is 2.41. The molecule has 9 nitrogen and oxygen atoms in total. The maximum Gasteiger partial charge on any atom is 0.412 e. The van der Waals surface area contributed by atoms with E-state index in [2.05, 4.69) is 16.0 Å². The maximum absolute atomic E-state index is 14.4. The Hall–Kier alpha value is -3.73. The van der Waals surface area contributed by atoms with Gasteiger partial charge in [-0.05, 0) is 43.3 Å². The number of carbonyl (C=O) groups is 4. The van der Waals surface area contributed by atoms with E-state index in [1.165, 1.54) is 25.2 Å². The first kappa shape index (κ1) is 24.9. The molecule has 178 valence electrons. The number of hydrogen-bond donors (Lipinski definition) is 3. The summed E-state index contributed by atoms with van der Waals surface area (Å²) < 4.78 is 19.4. The van der Waals surface area contributed by atoms with Crippen LogP contribution in [0.15, 0.2) is 36.4 Å². The molecule has 1 saturated heterocycles. The monoisotopic (exact) mass is 468 g/mol. The van der Waals surface area contributed by atoms with Crippen LogP contribution in [-0.2, 0) is 22.7 Å². The average molecular weight is 468 g/mol. The van der Waals surface area contributed by atoms with E-state index >= 15 is 0 Å². The molecule has 0 aliphatic carbocycles. The molecule has 2 aromatic rings. The Morgan fingerprint density at radius 2 is 2.09 bits per heavy atom. The van der Waals surface area contributed by atoms with E-state index in [0.717, 1.165) is 6.29 Å². The van der Waals surface area contributed by atoms with Gasteiger partial charge in [0.15, 0.2) is 0 Å². The summed E-state index contributed by atoms with van der Waals surface area (Å²) in [5.74, 6) is -1.00. The van der Waals surface area contributed by atoms with Crippen LogP contribution in [0.25, 0.3) is 0 Å². The van der Waals surface area contributed by atoms with E-state index in [1.54, 1.807) is 38.0 Å². The Morgan fingerprint density at radius 1 is 1.32 bits per heavy atom. The number of halogens is 1. The minimum Gasteiger partial charge on any atom is -0.410 e. The molecular formula is C23H26BFN4O5. The molecule has 34 heavy (non-hydrogen) atoms. The van der Waals surface area contributed by atoms with Crippen molar-refractivity contribution in [1.82, 2.24) is 15.5 Å². The molecule has 2 aromatic carbocycles. The molecule has 0 spiro atoms. The van der Waals surface area contributed by atoms with Crippen molar-refractivity contribution in [2.45, 2.75) is 31.4 Å². The summed E-state index contributed by atoms with van der Waals surface area (Å²) in [5.41, 5.74) is 0.964. The standard InChI is InChI=1S/C23H26BFN4O5/c1-26-22(33)34-16-6-7-18(25)15(10-16)11-27-19-5-3-4-14(13-30)17(19)12-29(2)23(24)9-8-20(31)28-21(23)32/h3-7,10,13,27H,8-9,11-12,24H2,1-2H3,(H,26,33)(H,28,31,32). The van der Waals surface area contributed by atoms with Crippen molar-refractivity contribution in [1.29, 1.82) is 0 Å². The van der Waals surface area contributed by atoms with Crippen molar-refractivity contribution in [2.75, 3.05) is 19.4 Å². The van der Waals surface area contributed by atoms with Gasteiger partial charge in [-0.1, -0.05) is 12.1 Å². The molecule has 3 rings (SSSR count). The van der Waals surface area contributed by atoms with E-state index in [0.29, 0.717) is 23.2 Å². The number of anilines is 1. The second kappa shape index (κ2) is 10.5. The van der Waals surface area contributed by atoms with Gasteiger partial charge in [-0.15, -0.1) is 0 Å². The lowest BCUT2D eigenvalue weighted by Crippen LogP contribution is -2.62. The van der Waals surface area contributed by atoms with Crippen molar-refractivity contribution < 1.29 is 28.3 Å². The highest BCUT2D eigenvalue weighted by Crippen LogP contribution is 2.28. The summed E-state index contributed by atoms with van der Waals surface area (Å²) in [6.07, 6.45) is 0.626. The van der Waals surface area contributed by atoms with Crippen LogP contribution in [-0.4, -0.2) is 56.5 Å². The molecule has 1 aliphatic rings. The largest absolute Gasteiger partial charge is 0.412 e. The zero-order valence-electron chi connectivity index (χ0n) is 19.2. The van der Waals surface area contributed by atoms with Gasteiger partial charge in [-0.2, -0.15) is 0 Å². The first-order valence-corrected chi connectivity index (χ1v) is 10.7.